The van der Waals surface area contributed by atoms with Crippen LogP contribution in [0.15, 0.2) is 61.3 Å². The highest BCUT2D eigenvalue weighted by Crippen LogP contribution is 2.15. The summed E-state index contributed by atoms with van der Waals surface area (Å²) in [6, 6.07) is 9.42. The summed E-state index contributed by atoms with van der Waals surface area (Å²) in [6.07, 6.45) is 5.95. The first-order valence-corrected chi connectivity index (χ1v) is 7.18. The Balaban J connectivity index is 1.68. The predicted molar refractivity (Wildman–Crippen MR) is 87.8 cm³/mol. The molecule has 1 amide bonds. The number of aromatic nitrogens is 4. The van der Waals surface area contributed by atoms with E-state index in [0.717, 1.165) is 11.1 Å². The second kappa shape index (κ2) is 6.82. The van der Waals surface area contributed by atoms with E-state index in [1.165, 1.54) is 41.7 Å². The molecule has 0 saturated heterocycles. The lowest BCUT2D eigenvalue weighted by Crippen LogP contribution is -2.09. The van der Waals surface area contributed by atoms with Gasteiger partial charge in [0.1, 0.15) is 18.5 Å². The summed E-state index contributed by atoms with van der Waals surface area (Å²) in [5, 5.41) is 6.70. The van der Waals surface area contributed by atoms with Crippen molar-refractivity contribution in [1.29, 1.82) is 0 Å². The minimum Gasteiger partial charge on any atom is -0.321 e. The van der Waals surface area contributed by atoms with Crippen LogP contribution < -0.4 is 5.32 Å². The Bertz CT molecular complexity index is 855. The minimum atomic E-state index is -0.311. The van der Waals surface area contributed by atoms with Crippen molar-refractivity contribution in [3.05, 3.63) is 72.7 Å². The molecule has 1 N–H and O–H groups in total. The molecular weight excluding hydrogens is 309 g/mol. The summed E-state index contributed by atoms with van der Waals surface area (Å²) in [5.41, 5.74) is 2.08. The number of anilines is 1. The molecule has 3 aromatic rings. The molecule has 0 fully saturated rings. The summed E-state index contributed by atoms with van der Waals surface area (Å²) < 4.78 is 14.4. The Morgan fingerprint density at radius 3 is 2.62 bits per heavy atom. The van der Waals surface area contributed by atoms with Crippen molar-refractivity contribution in [3.63, 3.8) is 0 Å². The molecular formula is C17H14FN5O. The molecule has 0 radical (unpaired) electrons. The molecule has 0 spiro atoms. The van der Waals surface area contributed by atoms with Gasteiger partial charge in [-0.3, -0.25) is 4.79 Å². The van der Waals surface area contributed by atoms with Gasteiger partial charge >= 0.3 is 0 Å². The van der Waals surface area contributed by atoms with Gasteiger partial charge in [-0.15, -0.1) is 0 Å². The summed E-state index contributed by atoms with van der Waals surface area (Å²) >= 11 is 0. The number of nitrogens with one attached hydrogen (secondary N) is 1. The number of nitrogens with zero attached hydrogens (tertiary/aromatic N) is 4. The van der Waals surface area contributed by atoms with Gasteiger partial charge in [-0.05, 0) is 42.3 Å². The molecule has 0 unspecified atom stereocenters. The van der Waals surface area contributed by atoms with E-state index in [1.54, 1.807) is 31.2 Å². The van der Waals surface area contributed by atoms with Crippen molar-refractivity contribution in [1.82, 2.24) is 19.7 Å². The zero-order valence-corrected chi connectivity index (χ0v) is 12.8. The fourth-order valence-electron chi connectivity index (χ4n) is 2.09. The number of carbonyl (C=O) groups excluding carboxylic acids is 1. The smallest absolute Gasteiger partial charge is 0.248 e. The van der Waals surface area contributed by atoms with Crippen LogP contribution in [0.5, 0.6) is 0 Å². The van der Waals surface area contributed by atoms with Crippen molar-refractivity contribution in [3.8, 4) is 5.82 Å². The van der Waals surface area contributed by atoms with Crippen LogP contribution in [0.1, 0.15) is 12.5 Å². The van der Waals surface area contributed by atoms with E-state index in [1.807, 2.05) is 0 Å². The fourth-order valence-corrected chi connectivity index (χ4v) is 2.09. The summed E-state index contributed by atoms with van der Waals surface area (Å²) in [5.74, 6) is 0.00483. The maximum Gasteiger partial charge on any atom is 0.248 e. The highest BCUT2D eigenvalue weighted by atomic mass is 19.1. The Morgan fingerprint density at radius 2 is 2.00 bits per heavy atom. The van der Waals surface area contributed by atoms with Gasteiger partial charge in [0.05, 0.1) is 11.9 Å². The SMILES string of the molecule is C/C(=C\C(=O)Nc1ccc(-n2cncn2)nc1)c1ccc(F)cc1. The van der Waals surface area contributed by atoms with Crippen molar-refractivity contribution in [2.75, 3.05) is 5.32 Å². The molecule has 2 aromatic heterocycles. The van der Waals surface area contributed by atoms with E-state index in [-0.39, 0.29) is 11.7 Å². The second-order valence-corrected chi connectivity index (χ2v) is 5.07. The van der Waals surface area contributed by atoms with Gasteiger partial charge in [-0.2, -0.15) is 5.10 Å². The number of benzene rings is 1. The first-order chi connectivity index (χ1) is 11.6. The van der Waals surface area contributed by atoms with E-state index >= 15 is 0 Å². The van der Waals surface area contributed by atoms with Crippen LogP contribution >= 0.6 is 0 Å². The quantitative estimate of drug-likeness (QED) is 0.749. The molecule has 24 heavy (non-hydrogen) atoms. The maximum absolute atomic E-state index is 12.9. The van der Waals surface area contributed by atoms with E-state index < -0.39 is 0 Å². The number of amides is 1. The van der Waals surface area contributed by atoms with Gasteiger partial charge in [0, 0.05) is 6.08 Å². The Labute approximate surface area is 137 Å². The number of allylic oxidation sites excluding steroid dienone is 1. The normalized spacial score (nSPS) is 11.3. The van der Waals surface area contributed by atoms with Crippen LogP contribution in [0.3, 0.4) is 0 Å². The van der Waals surface area contributed by atoms with Crippen LogP contribution in [-0.2, 0) is 4.79 Å². The van der Waals surface area contributed by atoms with Gasteiger partial charge in [0.2, 0.25) is 5.91 Å². The molecule has 0 saturated carbocycles. The van der Waals surface area contributed by atoms with Crippen molar-refractivity contribution in [2.24, 2.45) is 0 Å². The standard InChI is InChI=1S/C17H14FN5O/c1-12(13-2-4-14(18)5-3-13)8-17(24)22-15-6-7-16(20-9-15)23-11-19-10-21-23/h2-11H,1H3,(H,22,24)/b12-8+. The van der Waals surface area contributed by atoms with E-state index in [0.29, 0.717) is 11.5 Å². The predicted octanol–water partition coefficient (Wildman–Crippen LogP) is 2.84. The van der Waals surface area contributed by atoms with Crippen LogP contribution in [0.4, 0.5) is 10.1 Å². The van der Waals surface area contributed by atoms with Crippen LogP contribution in [0, 0.1) is 5.82 Å². The number of rotatable bonds is 4. The Morgan fingerprint density at radius 1 is 1.21 bits per heavy atom. The lowest BCUT2D eigenvalue weighted by atomic mass is 10.1. The Hall–Kier alpha value is -3.35. The van der Waals surface area contributed by atoms with Gasteiger partial charge < -0.3 is 5.32 Å². The third-order valence-electron chi connectivity index (χ3n) is 3.32. The third-order valence-corrected chi connectivity index (χ3v) is 3.32. The largest absolute Gasteiger partial charge is 0.321 e. The Kier molecular flexibility index (Phi) is 4.42. The average Bonchev–Trinajstić information content (AvgIpc) is 3.10. The van der Waals surface area contributed by atoms with Gasteiger partial charge in [-0.1, -0.05) is 12.1 Å². The third kappa shape index (κ3) is 3.70. The van der Waals surface area contributed by atoms with Crippen molar-refractivity contribution < 1.29 is 9.18 Å². The van der Waals surface area contributed by atoms with Crippen molar-refractivity contribution >= 4 is 17.2 Å². The van der Waals surface area contributed by atoms with Gasteiger partial charge in [0.15, 0.2) is 5.82 Å². The highest BCUT2D eigenvalue weighted by Gasteiger charge is 2.04. The van der Waals surface area contributed by atoms with E-state index in [4.69, 9.17) is 0 Å². The number of hydrogen-bond acceptors (Lipinski definition) is 4. The fraction of sp³-hybridized carbons (Fsp3) is 0.0588. The highest BCUT2D eigenvalue weighted by molar-refractivity contribution is 6.03. The maximum atomic E-state index is 12.9. The average molecular weight is 323 g/mol. The molecule has 2 heterocycles. The zero-order chi connectivity index (χ0) is 16.9. The molecule has 7 heteroatoms. The van der Waals surface area contributed by atoms with E-state index in [2.05, 4.69) is 20.4 Å². The van der Waals surface area contributed by atoms with Crippen LogP contribution in [-0.4, -0.2) is 25.7 Å². The summed E-state index contributed by atoms with van der Waals surface area (Å²) in [6.45, 7) is 1.79. The molecule has 3 rings (SSSR count). The molecule has 0 aliphatic rings. The summed E-state index contributed by atoms with van der Waals surface area (Å²) in [4.78, 5) is 20.1. The van der Waals surface area contributed by atoms with Crippen molar-refractivity contribution in [2.45, 2.75) is 6.92 Å². The molecule has 0 aliphatic carbocycles. The molecule has 120 valence electrons. The van der Waals surface area contributed by atoms with Crippen LogP contribution in [0.2, 0.25) is 0 Å². The number of pyridine rings is 1. The monoisotopic (exact) mass is 323 g/mol. The van der Waals surface area contributed by atoms with E-state index in [9.17, 15) is 9.18 Å². The number of halogens is 1. The number of carbonyl (C=O) groups is 1. The molecule has 1 aromatic carbocycles. The van der Waals surface area contributed by atoms with Gasteiger partial charge in [0.25, 0.3) is 0 Å². The van der Waals surface area contributed by atoms with Gasteiger partial charge in [-0.25, -0.2) is 19.0 Å². The summed E-state index contributed by atoms with van der Waals surface area (Å²) in [7, 11) is 0. The molecule has 6 nitrogen and oxygen atoms in total. The topological polar surface area (TPSA) is 72.7 Å². The molecule has 0 aliphatic heterocycles. The lowest BCUT2D eigenvalue weighted by Gasteiger charge is -2.05. The van der Waals surface area contributed by atoms with Crippen LogP contribution in [0.25, 0.3) is 11.4 Å². The second-order valence-electron chi connectivity index (χ2n) is 5.07. The lowest BCUT2D eigenvalue weighted by molar-refractivity contribution is -0.111. The molecule has 0 atom stereocenters. The minimum absolute atomic E-state index is 0.285. The molecule has 0 bridgehead atoms. The zero-order valence-electron chi connectivity index (χ0n) is 12.8. The number of hydrogen-bond donors (Lipinski definition) is 1. The first-order valence-electron chi connectivity index (χ1n) is 7.18. The first kappa shape index (κ1) is 15.5.